The molecule has 4 rings (SSSR count). The van der Waals surface area contributed by atoms with Crippen LogP contribution in [0.25, 0.3) is 17.4 Å². The van der Waals surface area contributed by atoms with E-state index < -0.39 is 5.97 Å². The Labute approximate surface area is 194 Å². The normalized spacial score (nSPS) is 15.0. The largest absolute Gasteiger partial charge is 0.478 e. The summed E-state index contributed by atoms with van der Waals surface area (Å²) in [5.41, 5.74) is 7.62. The number of carbonyl (C=O) groups excluding carboxylic acids is 1. The predicted octanol–water partition coefficient (Wildman–Crippen LogP) is 5.80. The van der Waals surface area contributed by atoms with Crippen LogP contribution < -0.4 is 5.43 Å². The number of thioether (sulfide) groups is 1. The number of carboxylic acids is 1. The molecule has 2 heterocycles. The first-order valence-corrected chi connectivity index (χ1v) is 11.0. The second-order valence-corrected chi connectivity index (χ2v) is 9.13. The Morgan fingerprint density at radius 1 is 1.12 bits per heavy atom. The molecule has 0 saturated carbocycles. The lowest BCUT2D eigenvalue weighted by atomic mass is 9.98. The number of rotatable bonds is 5. The molecule has 0 bridgehead atoms. The van der Waals surface area contributed by atoms with Crippen LogP contribution >= 0.6 is 24.0 Å². The van der Waals surface area contributed by atoms with Gasteiger partial charge in [-0.05, 0) is 68.4 Å². The summed E-state index contributed by atoms with van der Waals surface area (Å²) in [6.45, 7) is 6.15. The lowest BCUT2D eigenvalue weighted by molar-refractivity contribution is -0.121. The summed E-state index contributed by atoms with van der Waals surface area (Å²) >= 11 is 6.46. The molecule has 0 radical (unpaired) electrons. The summed E-state index contributed by atoms with van der Waals surface area (Å²) in [5, 5.41) is 10.5. The number of carbonyl (C=O) groups is 2. The number of thiocarbonyl (C=S) groups is 1. The molecule has 1 amide bonds. The molecule has 1 fully saturated rings. The topological polar surface area (TPSA) is 82.8 Å². The van der Waals surface area contributed by atoms with Gasteiger partial charge in [-0.2, -0.15) is 0 Å². The van der Waals surface area contributed by atoms with Gasteiger partial charge >= 0.3 is 5.97 Å². The van der Waals surface area contributed by atoms with E-state index in [1.54, 1.807) is 24.3 Å². The van der Waals surface area contributed by atoms with Crippen molar-refractivity contribution in [3.8, 4) is 11.3 Å². The monoisotopic (exact) mass is 464 g/mol. The summed E-state index contributed by atoms with van der Waals surface area (Å²) in [5.74, 6) is -0.208. The van der Waals surface area contributed by atoms with Crippen LogP contribution in [-0.2, 0) is 4.79 Å². The number of anilines is 1. The van der Waals surface area contributed by atoms with Crippen LogP contribution in [0.5, 0.6) is 0 Å². The maximum atomic E-state index is 12.9. The van der Waals surface area contributed by atoms with E-state index in [4.69, 9.17) is 16.6 Å². The number of hydrazine groups is 1. The number of hydrogen-bond donors (Lipinski definition) is 2. The number of hydrogen-bond acceptors (Lipinski definition) is 6. The summed E-state index contributed by atoms with van der Waals surface area (Å²) < 4.78 is 6.30. The average molecular weight is 465 g/mol. The highest BCUT2D eigenvalue weighted by Gasteiger charge is 2.33. The highest BCUT2D eigenvalue weighted by atomic mass is 32.2. The summed E-state index contributed by atoms with van der Waals surface area (Å²) in [7, 11) is 0. The van der Waals surface area contributed by atoms with Crippen molar-refractivity contribution in [2.75, 3.05) is 5.43 Å². The number of nitrogens with one attached hydrogen (secondary N) is 1. The molecular formula is C24H20N2O4S2. The number of aromatic carboxylic acids is 1. The number of amides is 1. The molecular weight excluding hydrogens is 444 g/mol. The SMILES string of the molecule is Cc1cc(C)c(-c2ccc(C=C3SC(=S)N(Nc4ccccc4C(=O)O)C3=O)o2)c(C)c1. The first-order chi connectivity index (χ1) is 15.2. The molecule has 0 aliphatic carbocycles. The van der Waals surface area contributed by atoms with E-state index in [9.17, 15) is 14.7 Å². The fraction of sp³-hybridized carbons (Fsp3) is 0.125. The summed E-state index contributed by atoms with van der Waals surface area (Å²) in [6, 6.07) is 14.2. The minimum absolute atomic E-state index is 0.0463. The van der Waals surface area contributed by atoms with Gasteiger partial charge in [0.2, 0.25) is 0 Å². The molecule has 0 spiro atoms. The minimum Gasteiger partial charge on any atom is -0.478 e. The van der Waals surface area contributed by atoms with Gasteiger partial charge in [-0.25, -0.2) is 9.80 Å². The van der Waals surface area contributed by atoms with Crippen molar-refractivity contribution >= 4 is 51.9 Å². The number of nitrogens with zero attached hydrogens (tertiary/aromatic N) is 1. The summed E-state index contributed by atoms with van der Waals surface area (Å²) in [4.78, 5) is 24.8. The Hall–Kier alpha value is -3.36. The van der Waals surface area contributed by atoms with Crippen molar-refractivity contribution in [3.05, 3.63) is 81.5 Å². The van der Waals surface area contributed by atoms with Gasteiger partial charge in [0, 0.05) is 11.6 Å². The van der Waals surface area contributed by atoms with Crippen molar-refractivity contribution < 1.29 is 19.1 Å². The van der Waals surface area contributed by atoms with Gasteiger partial charge < -0.3 is 9.52 Å². The first kappa shape index (κ1) is 21.9. The second-order valence-electron chi connectivity index (χ2n) is 7.46. The standard InChI is InChI=1S/C24H20N2O4S2/c1-13-10-14(2)21(15(3)11-13)19-9-8-16(30-19)12-20-22(27)26(24(31)32-20)25-18-7-5-4-6-17(18)23(28)29/h4-12,25H,1-3H3,(H,28,29). The highest BCUT2D eigenvalue weighted by molar-refractivity contribution is 8.26. The summed E-state index contributed by atoms with van der Waals surface area (Å²) in [6.07, 6.45) is 1.65. The zero-order valence-corrected chi connectivity index (χ0v) is 19.3. The lowest BCUT2D eigenvalue weighted by Crippen LogP contribution is -2.34. The first-order valence-electron chi connectivity index (χ1n) is 9.79. The number of aryl methyl sites for hydroxylation is 3. The van der Waals surface area contributed by atoms with Gasteiger partial charge in [-0.15, -0.1) is 0 Å². The molecule has 0 atom stereocenters. The maximum Gasteiger partial charge on any atom is 0.337 e. The van der Waals surface area contributed by atoms with Crippen LogP contribution in [0.4, 0.5) is 5.69 Å². The minimum atomic E-state index is -1.10. The van der Waals surface area contributed by atoms with Crippen LogP contribution in [-0.4, -0.2) is 26.3 Å². The third-order valence-electron chi connectivity index (χ3n) is 5.01. The van der Waals surface area contributed by atoms with E-state index in [0.717, 1.165) is 34.2 Å². The smallest absolute Gasteiger partial charge is 0.337 e. The fourth-order valence-electron chi connectivity index (χ4n) is 3.71. The molecule has 8 heteroatoms. The molecule has 3 aromatic rings. The molecule has 1 aliphatic rings. The third-order valence-corrected chi connectivity index (χ3v) is 6.31. The zero-order chi connectivity index (χ0) is 23.0. The molecule has 2 aromatic carbocycles. The number of benzene rings is 2. The van der Waals surface area contributed by atoms with Gasteiger partial charge in [0.25, 0.3) is 5.91 Å². The van der Waals surface area contributed by atoms with E-state index in [0.29, 0.717) is 10.7 Å². The Bertz CT molecular complexity index is 1270. The Morgan fingerprint density at radius 2 is 1.81 bits per heavy atom. The van der Waals surface area contributed by atoms with Crippen LogP contribution in [0.3, 0.4) is 0 Å². The molecule has 6 nitrogen and oxygen atoms in total. The van der Waals surface area contributed by atoms with Gasteiger partial charge in [0.15, 0.2) is 4.32 Å². The average Bonchev–Trinajstić information content (AvgIpc) is 3.27. The quantitative estimate of drug-likeness (QED) is 0.365. The van der Waals surface area contributed by atoms with Crippen molar-refractivity contribution in [3.63, 3.8) is 0 Å². The van der Waals surface area contributed by atoms with Crippen molar-refractivity contribution in [1.82, 2.24) is 5.01 Å². The van der Waals surface area contributed by atoms with Crippen molar-refractivity contribution in [2.24, 2.45) is 0 Å². The van der Waals surface area contributed by atoms with E-state index in [1.807, 2.05) is 26.0 Å². The molecule has 2 N–H and O–H groups in total. The van der Waals surface area contributed by atoms with Crippen LogP contribution in [0.1, 0.15) is 32.8 Å². The Kier molecular flexibility index (Phi) is 5.90. The maximum absolute atomic E-state index is 12.9. The van der Waals surface area contributed by atoms with E-state index in [1.165, 1.54) is 16.6 Å². The number of para-hydroxylation sites is 1. The number of furan rings is 1. The van der Waals surface area contributed by atoms with Gasteiger partial charge in [0.05, 0.1) is 16.2 Å². The van der Waals surface area contributed by atoms with Gasteiger partial charge in [-0.1, -0.05) is 41.6 Å². The van der Waals surface area contributed by atoms with Gasteiger partial charge in [-0.3, -0.25) is 10.2 Å². The van der Waals surface area contributed by atoms with Crippen molar-refractivity contribution in [1.29, 1.82) is 0 Å². The number of carboxylic acid groups (broad SMARTS) is 1. The Balaban J connectivity index is 1.59. The predicted molar refractivity (Wildman–Crippen MR) is 130 cm³/mol. The van der Waals surface area contributed by atoms with Crippen molar-refractivity contribution in [2.45, 2.75) is 20.8 Å². The molecule has 1 aliphatic heterocycles. The Morgan fingerprint density at radius 3 is 2.50 bits per heavy atom. The van der Waals surface area contributed by atoms with Crippen LogP contribution in [0.2, 0.25) is 0 Å². The van der Waals surface area contributed by atoms with E-state index in [2.05, 4.69) is 24.5 Å². The van der Waals surface area contributed by atoms with E-state index in [-0.39, 0.29) is 21.5 Å². The van der Waals surface area contributed by atoms with Crippen LogP contribution in [0, 0.1) is 20.8 Å². The lowest BCUT2D eigenvalue weighted by Gasteiger charge is -2.18. The van der Waals surface area contributed by atoms with Gasteiger partial charge in [0.1, 0.15) is 11.5 Å². The fourth-order valence-corrected chi connectivity index (χ4v) is 4.87. The molecule has 0 unspecified atom stereocenters. The highest BCUT2D eigenvalue weighted by Crippen LogP contribution is 2.35. The molecule has 1 aromatic heterocycles. The molecule has 32 heavy (non-hydrogen) atoms. The molecule has 162 valence electrons. The van der Waals surface area contributed by atoms with Crippen LogP contribution in [0.15, 0.2) is 57.9 Å². The third kappa shape index (κ3) is 4.19. The molecule has 1 saturated heterocycles. The zero-order valence-electron chi connectivity index (χ0n) is 17.6. The second kappa shape index (κ2) is 8.64. The van der Waals surface area contributed by atoms with E-state index >= 15 is 0 Å².